The molecule has 0 saturated carbocycles. The quantitative estimate of drug-likeness (QED) is 0.352. The van der Waals surface area contributed by atoms with E-state index in [0.717, 1.165) is 16.8 Å². The zero-order chi connectivity index (χ0) is 21.7. The molecule has 0 heterocycles. The molecule has 0 saturated heterocycles. The van der Waals surface area contributed by atoms with Gasteiger partial charge in [-0.05, 0) is 61.4 Å². The van der Waals surface area contributed by atoms with E-state index < -0.39 is 7.26 Å². The Labute approximate surface area is 216 Å². The predicted molar refractivity (Wildman–Crippen MR) is 135 cm³/mol. The number of para-hydroxylation sites is 1. The zero-order valence-corrected chi connectivity index (χ0v) is 22.3. The fourth-order valence-electron chi connectivity index (χ4n) is 4.17. The van der Waals surface area contributed by atoms with Crippen LogP contribution in [0.4, 0.5) is 5.69 Å². The number of rotatable bonds is 6. The fourth-order valence-corrected chi connectivity index (χ4v) is 8.17. The van der Waals surface area contributed by atoms with Gasteiger partial charge in [-0.2, -0.15) is 0 Å². The maximum absolute atomic E-state index is 13.6. The molecule has 0 aliphatic rings. The molecule has 4 aromatic carbocycles. The Bertz CT molecular complexity index is 1050. The second-order valence-electron chi connectivity index (χ2n) is 7.79. The third-order valence-corrected chi connectivity index (χ3v) is 10.0. The van der Waals surface area contributed by atoms with Crippen molar-refractivity contribution < 1.29 is 37.5 Å². The summed E-state index contributed by atoms with van der Waals surface area (Å²) in [5.74, 6) is 0.0438. The van der Waals surface area contributed by atoms with E-state index in [0.29, 0.717) is 6.16 Å². The molecule has 2 nitrogen and oxygen atoms in total. The summed E-state index contributed by atoms with van der Waals surface area (Å²) in [6, 6.07) is 37.6. The molecule has 4 aromatic rings. The Balaban J connectivity index is 0.00000289. The second kappa shape index (κ2) is 11.1. The van der Waals surface area contributed by atoms with Crippen molar-refractivity contribution >= 4 is 34.8 Å². The Morgan fingerprint density at radius 1 is 0.625 bits per heavy atom. The van der Waals surface area contributed by atoms with Gasteiger partial charge in [0.05, 0.1) is 0 Å². The van der Waals surface area contributed by atoms with E-state index in [4.69, 9.17) is 0 Å². The van der Waals surface area contributed by atoms with Gasteiger partial charge in [-0.15, -0.1) is 0 Å². The predicted octanol–water partition coefficient (Wildman–Crippen LogP) is 5.23. The number of nitrogens with one attached hydrogen (secondary N) is 1. The van der Waals surface area contributed by atoms with Gasteiger partial charge in [0.15, 0.2) is 6.16 Å². The van der Waals surface area contributed by atoms with Crippen LogP contribution in [0.3, 0.4) is 0 Å². The van der Waals surface area contributed by atoms with Gasteiger partial charge in [-0.25, -0.2) is 0 Å². The van der Waals surface area contributed by atoms with Crippen LogP contribution in [-0.2, 0) is 37.5 Å². The molecule has 0 fully saturated rings. The molecule has 157 valence electrons. The van der Waals surface area contributed by atoms with Crippen molar-refractivity contribution in [1.29, 1.82) is 0 Å². The number of hydrogen-bond donors (Lipinski definition) is 1. The molecule has 0 bridgehead atoms. The summed E-state index contributed by atoms with van der Waals surface area (Å²) in [4.78, 5) is 13.6. The van der Waals surface area contributed by atoms with Gasteiger partial charge in [0.1, 0.15) is 23.2 Å². The van der Waals surface area contributed by atoms with E-state index in [1.165, 1.54) is 15.9 Å². The van der Waals surface area contributed by atoms with Crippen molar-refractivity contribution in [2.45, 2.75) is 13.8 Å². The summed E-state index contributed by atoms with van der Waals surface area (Å²) in [6.07, 6.45) is 0.415. The molecule has 0 atom stereocenters. The van der Waals surface area contributed by atoms with Crippen LogP contribution in [0, 0.1) is 13.8 Å². The summed E-state index contributed by atoms with van der Waals surface area (Å²) in [5, 5.41) is 6.87. The van der Waals surface area contributed by atoms with Crippen LogP contribution in [0.1, 0.15) is 11.1 Å². The van der Waals surface area contributed by atoms with E-state index in [-0.39, 0.29) is 38.6 Å². The fraction of sp³-hybridized carbons (Fsp3) is 0.107. The van der Waals surface area contributed by atoms with Crippen LogP contribution in [0.5, 0.6) is 0 Å². The number of amides is 1. The van der Waals surface area contributed by atoms with Crippen LogP contribution >= 0.6 is 7.26 Å². The third kappa shape index (κ3) is 5.10. The summed E-state index contributed by atoms with van der Waals surface area (Å²) in [6.45, 7) is 4.08. The van der Waals surface area contributed by atoms with Gasteiger partial charge in [-0.1, -0.05) is 72.8 Å². The molecule has 32 heavy (non-hydrogen) atoms. The minimum Gasteiger partial charge on any atom is -0.322 e. The Morgan fingerprint density at radius 3 is 1.38 bits per heavy atom. The smallest absolute Gasteiger partial charge is 0.263 e. The van der Waals surface area contributed by atoms with E-state index in [2.05, 4.69) is 78.1 Å². The third-order valence-electron chi connectivity index (χ3n) is 5.72. The summed E-state index contributed by atoms with van der Waals surface area (Å²) < 4.78 is 0. The van der Waals surface area contributed by atoms with Gasteiger partial charge in [0, 0.05) is 38.4 Å². The number of benzene rings is 4. The van der Waals surface area contributed by atoms with E-state index in [1.807, 2.05) is 50.2 Å². The molecular weight excluding hydrogens is 486 g/mol. The number of carbonyl (C=O) groups is 1. The molecule has 0 spiro atoms. The van der Waals surface area contributed by atoms with Gasteiger partial charge in [-0.3, -0.25) is 4.79 Å². The van der Waals surface area contributed by atoms with Gasteiger partial charge in [0.2, 0.25) is 0 Å². The van der Waals surface area contributed by atoms with E-state index in [1.54, 1.807) is 0 Å². The maximum atomic E-state index is 13.6. The molecule has 4 rings (SSSR count). The summed E-state index contributed by atoms with van der Waals surface area (Å²) >= 11 is 0. The Morgan fingerprint density at radius 2 is 1.00 bits per heavy atom. The van der Waals surface area contributed by atoms with Crippen molar-refractivity contribution in [2.24, 2.45) is 0 Å². The summed E-state index contributed by atoms with van der Waals surface area (Å²) in [5.41, 5.74) is 3.08. The largest absolute Gasteiger partial charge is 0.322 e. The van der Waals surface area contributed by atoms with Crippen LogP contribution < -0.4 is 21.2 Å². The molecule has 0 aliphatic carbocycles. The molecule has 0 aromatic heterocycles. The minimum atomic E-state index is -2.19. The van der Waals surface area contributed by atoms with E-state index >= 15 is 0 Å². The molecular formula is C28H27NOPY+. The monoisotopic (exact) mass is 513 g/mol. The maximum Gasteiger partial charge on any atom is 0.263 e. The van der Waals surface area contributed by atoms with Crippen LogP contribution in [0.25, 0.3) is 0 Å². The Kier molecular flexibility index (Phi) is 8.54. The normalized spacial score (nSPS) is 10.8. The first-order chi connectivity index (χ1) is 15.1. The topological polar surface area (TPSA) is 29.1 Å². The minimum absolute atomic E-state index is 0. The molecule has 1 amide bonds. The first-order valence-corrected chi connectivity index (χ1v) is 12.5. The van der Waals surface area contributed by atoms with Crippen molar-refractivity contribution in [2.75, 3.05) is 11.5 Å². The zero-order valence-electron chi connectivity index (χ0n) is 18.5. The van der Waals surface area contributed by atoms with E-state index in [9.17, 15) is 4.79 Å². The number of hydrogen-bond acceptors (Lipinski definition) is 1. The first-order valence-electron chi connectivity index (χ1n) is 10.5. The Hall–Kier alpha value is -2.12. The van der Waals surface area contributed by atoms with Crippen molar-refractivity contribution in [1.82, 2.24) is 0 Å². The van der Waals surface area contributed by atoms with Gasteiger partial charge < -0.3 is 5.32 Å². The molecule has 0 unspecified atom stereocenters. The van der Waals surface area contributed by atoms with Crippen LogP contribution in [0.15, 0.2) is 109 Å². The molecule has 1 radical (unpaired) electrons. The molecule has 1 N–H and O–H groups in total. The average Bonchev–Trinajstić information content (AvgIpc) is 2.82. The van der Waals surface area contributed by atoms with Crippen molar-refractivity contribution in [3.05, 3.63) is 120 Å². The number of aryl methyl sites for hydroxylation is 2. The average molecular weight is 513 g/mol. The summed E-state index contributed by atoms with van der Waals surface area (Å²) in [7, 11) is -2.19. The first kappa shape index (κ1) is 24.5. The second-order valence-corrected chi connectivity index (χ2v) is 11.3. The molecule has 0 aliphatic heterocycles. The SMILES string of the molecule is Cc1cccc(C)c1NC(=O)C[P+](c1ccccc1)(c1ccccc1)c1ccccc1.[Y]. The van der Waals surface area contributed by atoms with Crippen molar-refractivity contribution in [3.63, 3.8) is 0 Å². The van der Waals surface area contributed by atoms with Gasteiger partial charge >= 0.3 is 0 Å². The number of carbonyl (C=O) groups excluding carboxylic acids is 1. The van der Waals surface area contributed by atoms with Gasteiger partial charge in [0.25, 0.3) is 5.91 Å². The van der Waals surface area contributed by atoms with Crippen molar-refractivity contribution in [3.8, 4) is 0 Å². The van der Waals surface area contributed by atoms with Crippen LogP contribution in [0.2, 0.25) is 0 Å². The standard InChI is InChI=1S/C28H26NOP.Y/c1-22-13-12-14-23(2)28(22)29-27(30)21-31(24-15-6-3-7-16-24,25-17-8-4-9-18-25)26-19-10-5-11-20-26;/h3-20H,21H2,1-2H3;/p+1. The van der Waals surface area contributed by atoms with Crippen LogP contribution in [-0.4, -0.2) is 12.1 Å². The molecule has 4 heteroatoms. The number of anilines is 1.